The molecule has 21 heavy (non-hydrogen) atoms. The molecule has 0 spiro atoms. The highest BCUT2D eigenvalue weighted by atomic mass is 16.6. The Morgan fingerprint density at radius 3 is 2.71 bits per heavy atom. The van der Waals surface area contributed by atoms with Crippen LogP contribution < -0.4 is 4.74 Å². The molecule has 0 N–H and O–H groups in total. The van der Waals surface area contributed by atoms with Gasteiger partial charge in [0.1, 0.15) is 12.4 Å². The predicted octanol–water partition coefficient (Wildman–Crippen LogP) is 1.94. The van der Waals surface area contributed by atoms with E-state index in [1.807, 2.05) is 19.0 Å². The van der Waals surface area contributed by atoms with Gasteiger partial charge in [-0.1, -0.05) is 0 Å². The maximum Gasteiger partial charge on any atom is 0.270 e. The number of benzene rings is 1. The summed E-state index contributed by atoms with van der Waals surface area (Å²) in [6.45, 7) is 1.28. The van der Waals surface area contributed by atoms with Crippen LogP contribution in [0.4, 0.5) is 5.69 Å². The first-order chi connectivity index (χ1) is 9.99. The van der Waals surface area contributed by atoms with Gasteiger partial charge < -0.3 is 9.64 Å². The third kappa shape index (κ3) is 3.57. The largest absolute Gasteiger partial charge is 0.492 e. The molecular formula is C14H18N4O3. The molecule has 2 rings (SSSR count). The Labute approximate surface area is 122 Å². The van der Waals surface area contributed by atoms with E-state index in [0.29, 0.717) is 17.9 Å². The lowest BCUT2D eigenvalue weighted by molar-refractivity contribution is -0.384. The molecular weight excluding hydrogens is 272 g/mol. The van der Waals surface area contributed by atoms with Gasteiger partial charge in [-0.2, -0.15) is 5.10 Å². The minimum Gasteiger partial charge on any atom is -0.492 e. The van der Waals surface area contributed by atoms with Crippen LogP contribution in [-0.2, 0) is 7.05 Å². The van der Waals surface area contributed by atoms with Crippen LogP contribution in [0.1, 0.15) is 0 Å². The van der Waals surface area contributed by atoms with E-state index in [0.717, 1.165) is 12.2 Å². The first kappa shape index (κ1) is 15.0. The molecule has 0 aliphatic heterocycles. The molecule has 1 aromatic heterocycles. The van der Waals surface area contributed by atoms with Gasteiger partial charge in [0.25, 0.3) is 5.69 Å². The highest BCUT2D eigenvalue weighted by Crippen LogP contribution is 2.33. The summed E-state index contributed by atoms with van der Waals surface area (Å²) in [7, 11) is 5.71. The van der Waals surface area contributed by atoms with Crippen molar-refractivity contribution in [3.8, 4) is 17.0 Å². The smallest absolute Gasteiger partial charge is 0.270 e. The van der Waals surface area contributed by atoms with Gasteiger partial charge in [-0.05, 0) is 26.2 Å². The zero-order chi connectivity index (χ0) is 15.4. The standard InChI is InChI=1S/C14H18N4O3/c1-16(2)8-9-21-14-5-4-11(18(19)20)10-12(14)13-6-7-15-17(13)3/h4-7,10H,8-9H2,1-3H3. The second-order valence-corrected chi connectivity index (χ2v) is 4.93. The van der Waals surface area contributed by atoms with Gasteiger partial charge in [0, 0.05) is 37.5 Å². The molecule has 2 aromatic rings. The molecule has 0 unspecified atom stereocenters. The van der Waals surface area contributed by atoms with Crippen molar-refractivity contribution in [1.29, 1.82) is 0 Å². The SMILES string of the molecule is CN(C)CCOc1ccc([N+](=O)[O-])cc1-c1ccnn1C. The van der Waals surface area contributed by atoms with E-state index < -0.39 is 4.92 Å². The molecule has 0 amide bonds. The van der Waals surface area contributed by atoms with Crippen molar-refractivity contribution in [2.45, 2.75) is 0 Å². The molecule has 1 aromatic carbocycles. The van der Waals surface area contributed by atoms with Crippen LogP contribution in [0.5, 0.6) is 5.75 Å². The maximum atomic E-state index is 11.0. The molecule has 0 atom stereocenters. The number of non-ortho nitro benzene ring substituents is 1. The number of nitro groups is 1. The van der Waals surface area contributed by atoms with Crippen LogP contribution in [-0.4, -0.2) is 46.9 Å². The van der Waals surface area contributed by atoms with Crippen molar-refractivity contribution < 1.29 is 9.66 Å². The molecule has 7 heteroatoms. The topological polar surface area (TPSA) is 73.4 Å². The Morgan fingerprint density at radius 1 is 1.38 bits per heavy atom. The number of hydrogen-bond acceptors (Lipinski definition) is 5. The van der Waals surface area contributed by atoms with Crippen molar-refractivity contribution >= 4 is 5.69 Å². The van der Waals surface area contributed by atoms with E-state index in [4.69, 9.17) is 4.74 Å². The number of aryl methyl sites for hydroxylation is 1. The summed E-state index contributed by atoms with van der Waals surface area (Å²) in [6.07, 6.45) is 1.65. The normalized spacial score (nSPS) is 10.9. The molecule has 0 fully saturated rings. The summed E-state index contributed by atoms with van der Waals surface area (Å²) in [6, 6.07) is 6.40. The molecule has 112 valence electrons. The lowest BCUT2D eigenvalue weighted by Crippen LogP contribution is -2.19. The van der Waals surface area contributed by atoms with E-state index in [1.165, 1.54) is 12.1 Å². The average Bonchev–Trinajstić information content (AvgIpc) is 2.84. The number of aromatic nitrogens is 2. The monoisotopic (exact) mass is 290 g/mol. The number of likely N-dealkylation sites (N-methyl/N-ethyl adjacent to an activating group) is 1. The van der Waals surface area contributed by atoms with E-state index >= 15 is 0 Å². The number of hydrogen-bond donors (Lipinski definition) is 0. The van der Waals surface area contributed by atoms with Crippen molar-refractivity contribution in [2.24, 2.45) is 7.05 Å². The summed E-state index contributed by atoms with van der Waals surface area (Å²) >= 11 is 0. The Balaban J connectivity index is 2.35. The Hall–Kier alpha value is -2.41. The van der Waals surface area contributed by atoms with E-state index in [1.54, 1.807) is 30.1 Å². The van der Waals surface area contributed by atoms with Crippen molar-refractivity contribution in [2.75, 3.05) is 27.2 Å². The van der Waals surface area contributed by atoms with Gasteiger partial charge in [0.2, 0.25) is 0 Å². The third-order valence-electron chi connectivity index (χ3n) is 3.07. The summed E-state index contributed by atoms with van der Waals surface area (Å²) in [5, 5.41) is 15.1. The molecule has 0 saturated carbocycles. The first-order valence-electron chi connectivity index (χ1n) is 6.53. The molecule has 0 radical (unpaired) electrons. The van der Waals surface area contributed by atoms with E-state index in [9.17, 15) is 10.1 Å². The van der Waals surface area contributed by atoms with Crippen molar-refractivity contribution in [1.82, 2.24) is 14.7 Å². The molecule has 0 aliphatic rings. The van der Waals surface area contributed by atoms with Gasteiger partial charge in [0.05, 0.1) is 10.6 Å². The highest BCUT2D eigenvalue weighted by Gasteiger charge is 2.15. The number of nitrogens with zero attached hydrogens (tertiary/aromatic N) is 4. The summed E-state index contributed by atoms with van der Waals surface area (Å²) in [5.74, 6) is 0.617. The molecule has 0 saturated heterocycles. The van der Waals surface area contributed by atoms with Crippen LogP contribution >= 0.6 is 0 Å². The fraction of sp³-hybridized carbons (Fsp3) is 0.357. The van der Waals surface area contributed by atoms with Crippen LogP contribution in [0.3, 0.4) is 0 Å². The van der Waals surface area contributed by atoms with Gasteiger partial charge in [-0.3, -0.25) is 14.8 Å². The molecule has 1 heterocycles. The lowest BCUT2D eigenvalue weighted by Gasteiger charge is -2.14. The number of nitro benzene ring substituents is 1. The fourth-order valence-corrected chi connectivity index (χ4v) is 1.93. The fourth-order valence-electron chi connectivity index (χ4n) is 1.93. The highest BCUT2D eigenvalue weighted by molar-refractivity contribution is 5.70. The van der Waals surface area contributed by atoms with Crippen LogP contribution in [0.15, 0.2) is 30.5 Å². The second-order valence-electron chi connectivity index (χ2n) is 4.93. The summed E-state index contributed by atoms with van der Waals surface area (Å²) < 4.78 is 7.42. The van der Waals surface area contributed by atoms with Crippen molar-refractivity contribution in [3.63, 3.8) is 0 Å². The third-order valence-corrected chi connectivity index (χ3v) is 3.07. The zero-order valence-electron chi connectivity index (χ0n) is 12.3. The van der Waals surface area contributed by atoms with Crippen molar-refractivity contribution in [3.05, 3.63) is 40.6 Å². The number of rotatable bonds is 6. The second kappa shape index (κ2) is 6.36. The zero-order valence-corrected chi connectivity index (χ0v) is 12.3. The van der Waals surface area contributed by atoms with Gasteiger partial charge in [-0.25, -0.2) is 0 Å². The molecule has 7 nitrogen and oxygen atoms in total. The predicted molar refractivity (Wildman–Crippen MR) is 79.3 cm³/mol. The Kier molecular flexibility index (Phi) is 4.54. The molecule has 0 aliphatic carbocycles. The average molecular weight is 290 g/mol. The van der Waals surface area contributed by atoms with Gasteiger partial charge in [-0.15, -0.1) is 0 Å². The van der Waals surface area contributed by atoms with Gasteiger partial charge >= 0.3 is 0 Å². The Morgan fingerprint density at radius 2 is 2.14 bits per heavy atom. The lowest BCUT2D eigenvalue weighted by atomic mass is 10.1. The minimum atomic E-state index is -0.413. The quantitative estimate of drug-likeness (QED) is 0.600. The molecule has 0 bridgehead atoms. The van der Waals surface area contributed by atoms with E-state index in [2.05, 4.69) is 5.10 Å². The Bertz CT molecular complexity index is 637. The van der Waals surface area contributed by atoms with Crippen LogP contribution in [0.25, 0.3) is 11.3 Å². The van der Waals surface area contributed by atoms with Crippen LogP contribution in [0, 0.1) is 10.1 Å². The summed E-state index contributed by atoms with van der Waals surface area (Å²) in [5.41, 5.74) is 1.48. The number of ether oxygens (including phenoxy) is 1. The minimum absolute atomic E-state index is 0.0335. The van der Waals surface area contributed by atoms with E-state index in [-0.39, 0.29) is 5.69 Å². The van der Waals surface area contributed by atoms with Crippen LogP contribution in [0.2, 0.25) is 0 Å². The van der Waals surface area contributed by atoms with Gasteiger partial charge in [0.15, 0.2) is 0 Å². The summed E-state index contributed by atoms with van der Waals surface area (Å²) in [4.78, 5) is 12.6. The maximum absolute atomic E-state index is 11.0. The first-order valence-corrected chi connectivity index (χ1v) is 6.53.